The maximum absolute atomic E-state index is 13.0. The quantitative estimate of drug-likeness (QED) is 0.904. The summed E-state index contributed by atoms with van der Waals surface area (Å²) >= 11 is 0. The molecule has 1 aliphatic heterocycles. The van der Waals surface area contributed by atoms with E-state index in [-0.39, 0.29) is 23.7 Å². The van der Waals surface area contributed by atoms with Crippen molar-refractivity contribution in [2.45, 2.75) is 25.4 Å². The molecule has 0 radical (unpaired) electrons. The highest BCUT2D eigenvalue weighted by molar-refractivity contribution is 7.94. The predicted molar refractivity (Wildman–Crippen MR) is 69.4 cm³/mol. The molecular formula is C13H16FNO2S. The second-order valence-electron chi connectivity index (χ2n) is 4.67. The van der Waals surface area contributed by atoms with E-state index in [0.717, 1.165) is 5.56 Å². The third kappa shape index (κ3) is 3.65. The Balaban J connectivity index is 1.90. The molecule has 2 rings (SSSR count). The van der Waals surface area contributed by atoms with Crippen molar-refractivity contribution in [3.8, 4) is 0 Å². The first-order valence-corrected chi connectivity index (χ1v) is 7.57. The summed E-state index contributed by atoms with van der Waals surface area (Å²) in [5, 5.41) is 4.46. The maximum atomic E-state index is 13.0. The summed E-state index contributed by atoms with van der Waals surface area (Å²) in [5.41, 5.74) is 0.903. The predicted octanol–water partition coefficient (Wildman–Crippen LogP) is 1.66. The van der Waals surface area contributed by atoms with Gasteiger partial charge in [0.25, 0.3) is 0 Å². The zero-order valence-electron chi connectivity index (χ0n) is 10.1. The van der Waals surface area contributed by atoms with Gasteiger partial charge in [-0.3, -0.25) is 0 Å². The van der Waals surface area contributed by atoms with Crippen LogP contribution in [0.3, 0.4) is 0 Å². The standard InChI is InChI=1S/C13H16FNO2S/c1-10(7-11-3-2-4-12(14)8-11)15-13-5-6-18(16,17)9-13/h2-6,8,10,13,15H,7,9H2,1H3. The van der Waals surface area contributed by atoms with Gasteiger partial charge < -0.3 is 5.32 Å². The second kappa shape index (κ2) is 5.20. The molecule has 0 bridgehead atoms. The molecule has 1 aliphatic rings. The molecule has 1 heterocycles. The average Bonchev–Trinajstić information content (AvgIpc) is 2.57. The molecule has 3 nitrogen and oxygen atoms in total. The van der Waals surface area contributed by atoms with Gasteiger partial charge in [-0.1, -0.05) is 18.2 Å². The van der Waals surface area contributed by atoms with Gasteiger partial charge >= 0.3 is 0 Å². The number of hydrogen-bond acceptors (Lipinski definition) is 3. The first kappa shape index (κ1) is 13.2. The number of sulfone groups is 1. The van der Waals surface area contributed by atoms with Crippen LogP contribution in [0.25, 0.3) is 0 Å². The van der Waals surface area contributed by atoms with Crippen LogP contribution in [0, 0.1) is 5.82 Å². The number of benzene rings is 1. The molecule has 5 heteroatoms. The van der Waals surface area contributed by atoms with Crippen molar-refractivity contribution >= 4 is 9.84 Å². The van der Waals surface area contributed by atoms with E-state index in [2.05, 4.69) is 5.32 Å². The molecule has 0 aromatic heterocycles. The lowest BCUT2D eigenvalue weighted by Gasteiger charge is -2.17. The maximum Gasteiger partial charge on any atom is 0.173 e. The summed E-state index contributed by atoms with van der Waals surface area (Å²) in [6, 6.07) is 6.40. The molecular weight excluding hydrogens is 253 g/mol. The lowest BCUT2D eigenvalue weighted by molar-refractivity contribution is 0.513. The number of rotatable bonds is 4. The summed E-state index contributed by atoms with van der Waals surface area (Å²) in [6.07, 6.45) is 2.33. The lowest BCUT2D eigenvalue weighted by Crippen LogP contribution is -2.38. The Morgan fingerprint density at radius 2 is 2.28 bits per heavy atom. The Hall–Kier alpha value is -1.20. The summed E-state index contributed by atoms with van der Waals surface area (Å²) in [4.78, 5) is 0. The van der Waals surface area contributed by atoms with E-state index in [0.29, 0.717) is 6.42 Å². The van der Waals surface area contributed by atoms with E-state index in [4.69, 9.17) is 0 Å². The van der Waals surface area contributed by atoms with Crippen LogP contribution in [-0.2, 0) is 16.3 Å². The van der Waals surface area contributed by atoms with Gasteiger partial charge in [0, 0.05) is 17.5 Å². The van der Waals surface area contributed by atoms with Crippen LogP contribution in [0.15, 0.2) is 35.7 Å². The fourth-order valence-electron chi connectivity index (χ4n) is 2.12. The van der Waals surface area contributed by atoms with Crippen molar-refractivity contribution in [1.82, 2.24) is 5.32 Å². The molecule has 18 heavy (non-hydrogen) atoms. The summed E-state index contributed by atoms with van der Waals surface area (Å²) in [5.74, 6) is -0.136. The minimum absolute atomic E-state index is 0.0924. The van der Waals surface area contributed by atoms with E-state index in [9.17, 15) is 12.8 Å². The van der Waals surface area contributed by atoms with Gasteiger partial charge in [0.15, 0.2) is 9.84 Å². The zero-order chi connectivity index (χ0) is 13.2. The summed E-state index contributed by atoms with van der Waals surface area (Å²) in [7, 11) is -3.02. The summed E-state index contributed by atoms with van der Waals surface area (Å²) < 4.78 is 35.5. The van der Waals surface area contributed by atoms with Crippen molar-refractivity contribution in [3.63, 3.8) is 0 Å². The van der Waals surface area contributed by atoms with Crippen molar-refractivity contribution in [2.24, 2.45) is 0 Å². The van der Waals surface area contributed by atoms with Crippen molar-refractivity contribution < 1.29 is 12.8 Å². The summed E-state index contributed by atoms with van der Waals surface area (Å²) in [6.45, 7) is 1.96. The fourth-order valence-corrected chi connectivity index (χ4v) is 3.37. The molecule has 1 aromatic carbocycles. The highest BCUT2D eigenvalue weighted by Crippen LogP contribution is 2.11. The Morgan fingerprint density at radius 3 is 2.89 bits per heavy atom. The van der Waals surface area contributed by atoms with Crippen LogP contribution in [0.5, 0.6) is 0 Å². The highest BCUT2D eigenvalue weighted by Gasteiger charge is 2.22. The number of halogens is 1. The third-order valence-corrected chi connectivity index (χ3v) is 4.26. The van der Waals surface area contributed by atoms with E-state index < -0.39 is 9.84 Å². The molecule has 0 saturated heterocycles. The SMILES string of the molecule is CC(Cc1cccc(F)c1)NC1C=CS(=O)(=O)C1. The first-order chi connectivity index (χ1) is 8.44. The van der Waals surface area contributed by atoms with E-state index >= 15 is 0 Å². The van der Waals surface area contributed by atoms with Gasteiger partial charge in [-0.2, -0.15) is 0 Å². The zero-order valence-corrected chi connectivity index (χ0v) is 11.0. The van der Waals surface area contributed by atoms with Crippen LogP contribution >= 0.6 is 0 Å². The normalized spacial score (nSPS) is 23.1. The smallest absolute Gasteiger partial charge is 0.173 e. The average molecular weight is 269 g/mol. The monoisotopic (exact) mass is 269 g/mol. The van der Waals surface area contributed by atoms with Gasteiger partial charge in [-0.25, -0.2) is 12.8 Å². The van der Waals surface area contributed by atoms with Gasteiger partial charge in [0.05, 0.1) is 5.75 Å². The van der Waals surface area contributed by atoms with Crippen molar-refractivity contribution in [1.29, 1.82) is 0 Å². The molecule has 2 unspecified atom stereocenters. The Kier molecular flexibility index (Phi) is 3.82. The van der Waals surface area contributed by atoms with Crippen molar-refractivity contribution in [2.75, 3.05) is 5.75 Å². The minimum atomic E-state index is -3.02. The van der Waals surface area contributed by atoms with E-state index in [1.807, 2.05) is 13.0 Å². The molecule has 0 spiro atoms. The second-order valence-corrected chi connectivity index (χ2v) is 6.60. The van der Waals surface area contributed by atoms with E-state index in [1.54, 1.807) is 12.1 Å². The molecule has 1 aromatic rings. The number of hydrogen-bond donors (Lipinski definition) is 1. The lowest BCUT2D eigenvalue weighted by atomic mass is 10.1. The first-order valence-electron chi connectivity index (χ1n) is 5.86. The Labute approximate surface area is 107 Å². The van der Waals surface area contributed by atoms with Crippen LogP contribution in [-0.4, -0.2) is 26.3 Å². The highest BCUT2D eigenvalue weighted by atomic mass is 32.2. The van der Waals surface area contributed by atoms with Gasteiger partial charge in [0.1, 0.15) is 5.82 Å². The molecule has 2 atom stereocenters. The number of nitrogens with one attached hydrogen (secondary N) is 1. The van der Waals surface area contributed by atoms with Crippen LogP contribution in [0.2, 0.25) is 0 Å². The van der Waals surface area contributed by atoms with E-state index in [1.165, 1.54) is 17.5 Å². The van der Waals surface area contributed by atoms with Gasteiger partial charge in [0.2, 0.25) is 0 Å². The molecule has 1 N–H and O–H groups in total. The van der Waals surface area contributed by atoms with Gasteiger partial charge in [-0.15, -0.1) is 0 Å². The van der Waals surface area contributed by atoms with Crippen molar-refractivity contribution in [3.05, 3.63) is 47.1 Å². The Bertz CT molecular complexity index is 554. The van der Waals surface area contributed by atoms with Crippen LogP contribution in [0.4, 0.5) is 4.39 Å². The molecule has 0 fully saturated rings. The fraction of sp³-hybridized carbons (Fsp3) is 0.385. The molecule has 98 valence electrons. The molecule has 0 amide bonds. The topological polar surface area (TPSA) is 46.2 Å². The Morgan fingerprint density at radius 1 is 1.50 bits per heavy atom. The minimum Gasteiger partial charge on any atom is -0.307 e. The van der Waals surface area contributed by atoms with Gasteiger partial charge in [-0.05, 0) is 31.0 Å². The molecule has 0 saturated carbocycles. The van der Waals surface area contributed by atoms with Crippen LogP contribution in [0.1, 0.15) is 12.5 Å². The largest absolute Gasteiger partial charge is 0.307 e. The van der Waals surface area contributed by atoms with Crippen LogP contribution < -0.4 is 5.32 Å². The third-order valence-electron chi connectivity index (χ3n) is 2.86. The molecule has 0 aliphatic carbocycles.